The van der Waals surface area contributed by atoms with Crippen molar-refractivity contribution in [3.63, 3.8) is 0 Å². The Morgan fingerprint density at radius 3 is 2.92 bits per heavy atom. The fourth-order valence-electron chi connectivity index (χ4n) is 4.00. The van der Waals surface area contributed by atoms with Crippen LogP contribution in [0.3, 0.4) is 0 Å². The number of likely N-dealkylation sites (tertiary alicyclic amines) is 1. The highest BCUT2D eigenvalue weighted by atomic mass is 16.6. The maximum Gasteiger partial charge on any atom is 0.410 e. The molecule has 0 unspecified atom stereocenters. The van der Waals surface area contributed by atoms with Crippen LogP contribution in [0.25, 0.3) is 11.3 Å². The predicted octanol–water partition coefficient (Wildman–Crippen LogP) is 2.51. The molecule has 0 radical (unpaired) electrons. The van der Waals surface area contributed by atoms with Gasteiger partial charge in [-0.25, -0.2) is 9.78 Å². The van der Waals surface area contributed by atoms with E-state index in [1.807, 2.05) is 25.7 Å². The molecule has 1 aliphatic carbocycles. The number of rotatable bonds is 1. The van der Waals surface area contributed by atoms with Gasteiger partial charge >= 0.3 is 6.09 Å². The molecule has 2 heterocycles. The van der Waals surface area contributed by atoms with Crippen molar-refractivity contribution >= 4 is 19.4 Å². The Hall–Kier alpha value is -2.24. The van der Waals surface area contributed by atoms with Gasteiger partial charge in [-0.1, -0.05) is 23.7 Å². The lowest BCUT2D eigenvalue weighted by atomic mass is 9.86. The van der Waals surface area contributed by atoms with E-state index >= 15 is 0 Å². The van der Waals surface area contributed by atoms with Crippen LogP contribution in [0.2, 0.25) is 0 Å². The van der Waals surface area contributed by atoms with E-state index in [2.05, 4.69) is 31.0 Å². The van der Waals surface area contributed by atoms with Gasteiger partial charge in [-0.2, -0.15) is 0 Å². The SMILES string of the molecule is Bc1ccc2c(c1)CCc1[nH]c([C@@H]3CCCN3C(=O)OC(C)(C)C)nc1-2. The van der Waals surface area contributed by atoms with Gasteiger partial charge in [0.05, 0.1) is 11.7 Å². The number of imidazole rings is 1. The number of aromatic nitrogens is 2. The third kappa shape index (κ3) is 3.13. The van der Waals surface area contributed by atoms with Gasteiger partial charge in [-0.3, -0.25) is 4.90 Å². The third-order valence-electron chi connectivity index (χ3n) is 5.15. The molecule has 0 saturated carbocycles. The molecule has 1 saturated heterocycles. The van der Waals surface area contributed by atoms with Crippen LogP contribution in [0.15, 0.2) is 18.2 Å². The molecule has 5 nitrogen and oxygen atoms in total. The first-order valence-corrected chi connectivity index (χ1v) is 9.50. The number of nitrogens with zero attached hydrogens (tertiary/aromatic N) is 2. The fourth-order valence-corrected chi connectivity index (χ4v) is 4.00. The summed E-state index contributed by atoms with van der Waals surface area (Å²) < 4.78 is 5.59. The zero-order valence-electron chi connectivity index (χ0n) is 16.1. The largest absolute Gasteiger partial charge is 0.444 e. The number of carbonyl (C=O) groups excluding carboxylic acids is 1. The number of H-pyrrole nitrogens is 1. The quantitative estimate of drug-likeness (QED) is 0.804. The highest BCUT2D eigenvalue weighted by Crippen LogP contribution is 2.36. The topological polar surface area (TPSA) is 58.2 Å². The van der Waals surface area contributed by atoms with E-state index in [0.717, 1.165) is 43.7 Å². The van der Waals surface area contributed by atoms with E-state index in [1.54, 1.807) is 0 Å². The summed E-state index contributed by atoms with van der Waals surface area (Å²) in [5.74, 6) is 0.895. The molecular weight excluding hydrogens is 325 g/mol. The number of carbonyl (C=O) groups is 1. The van der Waals surface area contributed by atoms with E-state index in [-0.39, 0.29) is 12.1 Å². The molecule has 2 aliphatic rings. The van der Waals surface area contributed by atoms with Crippen molar-refractivity contribution < 1.29 is 9.53 Å². The molecule has 1 atom stereocenters. The Kier molecular flexibility index (Phi) is 4.09. The van der Waals surface area contributed by atoms with Gasteiger partial charge < -0.3 is 9.72 Å². The summed E-state index contributed by atoms with van der Waals surface area (Å²) in [6, 6.07) is 6.55. The van der Waals surface area contributed by atoms with Crippen molar-refractivity contribution in [1.82, 2.24) is 14.9 Å². The Bertz CT molecular complexity index is 853. The molecule has 26 heavy (non-hydrogen) atoms. The third-order valence-corrected chi connectivity index (χ3v) is 5.15. The lowest BCUT2D eigenvalue weighted by Crippen LogP contribution is -2.36. The van der Waals surface area contributed by atoms with Crippen molar-refractivity contribution in [3.8, 4) is 11.3 Å². The summed E-state index contributed by atoms with van der Waals surface area (Å²) in [6.07, 6.45) is 3.66. The number of aromatic amines is 1. The first kappa shape index (κ1) is 17.2. The van der Waals surface area contributed by atoms with Gasteiger partial charge in [0.25, 0.3) is 0 Å². The van der Waals surface area contributed by atoms with E-state index < -0.39 is 5.60 Å². The van der Waals surface area contributed by atoms with Gasteiger partial charge in [0.1, 0.15) is 19.3 Å². The van der Waals surface area contributed by atoms with Crippen molar-refractivity contribution in [3.05, 3.63) is 35.3 Å². The molecule has 6 heteroatoms. The molecule has 1 aliphatic heterocycles. The minimum absolute atomic E-state index is 0.0238. The average molecular weight is 351 g/mol. The molecule has 1 N–H and O–H groups in total. The summed E-state index contributed by atoms with van der Waals surface area (Å²) in [6.45, 7) is 6.43. The molecule has 0 spiro atoms. The summed E-state index contributed by atoms with van der Waals surface area (Å²) in [5.41, 5.74) is 5.63. The number of hydrogen-bond donors (Lipinski definition) is 1. The minimum Gasteiger partial charge on any atom is -0.444 e. The zero-order chi connectivity index (χ0) is 18.5. The normalized spacial score (nSPS) is 19.2. The summed E-state index contributed by atoms with van der Waals surface area (Å²) in [4.78, 5) is 22.9. The Balaban J connectivity index is 1.63. The van der Waals surface area contributed by atoms with Crippen LogP contribution in [0.5, 0.6) is 0 Å². The van der Waals surface area contributed by atoms with Crippen molar-refractivity contribution in [2.45, 2.75) is 58.1 Å². The van der Waals surface area contributed by atoms with Crippen LogP contribution in [0.4, 0.5) is 4.79 Å². The van der Waals surface area contributed by atoms with Crippen molar-refractivity contribution in [1.29, 1.82) is 0 Å². The number of ether oxygens (including phenoxy) is 1. The van der Waals surface area contributed by atoms with Crippen LogP contribution in [-0.4, -0.2) is 41.0 Å². The Labute approximate surface area is 155 Å². The van der Waals surface area contributed by atoms with E-state index in [4.69, 9.17) is 9.72 Å². The Morgan fingerprint density at radius 1 is 1.35 bits per heavy atom. The molecule has 1 aromatic carbocycles. The first-order chi connectivity index (χ1) is 12.3. The van der Waals surface area contributed by atoms with Crippen LogP contribution in [0.1, 0.15) is 56.7 Å². The van der Waals surface area contributed by atoms with Gasteiger partial charge in [0.15, 0.2) is 0 Å². The predicted molar refractivity (Wildman–Crippen MR) is 105 cm³/mol. The summed E-state index contributed by atoms with van der Waals surface area (Å²) in [5, 5.41) is 0. The number of nitrogens with one attached hydrogen (secondary N) is 1. The monoisotopic (exact) mass is 351 g/mol. The Morgan fingerprint density at radius 2 is 2.15 bits per heavy atom. The van der Waals surface area contributed by atoms with E-state index in [0.29, 0.717) is 0 Å². The highest BCUT2D eigenvalue weighted by molar-refractivity contribution is 6.32. The second-order valence-electron chi connectivity index (χ2n) is 8.44. The number of fused-ring (bicyclic) bond motifs is 3. The number of hydrogen-bond acceptors (Lipinski definition) is 3. The lowest BCUT2D eigenvalue weighted by molar-refractivity contribution is 0.0218. The molecular formula is C20H26BN3O2. The first-order valence-electron chi connectivity index (χ1n) is 9.50. The lowest BCUT2D eigenvalue weighted by Gasteiger charge is -2.27. The van der Waals surface area contributed by atoms with E-state index in [1.165, 1.54) is 22.3 Å². The van der Waals surface area contributed by atoms with Crippen LogP contribution < -0.4 is 5.46 Å². The standard InChI is InChI=1S/C20H26BN3O2/c1-20(2,3)26-19(25)24-10-4-5-16(24)18-22-15-9-6-12-11-13(21)7-8-14(12)17(15)23-18/h7-8,11,16H,4-6,9-10,21H2,1-3H3,(H,22,23)/t16-/m0/s1. The molecule has 2 aromatic rings. The second-order valence-corrected chi connectivity index (χ2v) is 8.44. The fraction of sp³-hybridized carbons (Fsp3) is 0.500. The van der Waals surface area contributed by atoms with Crippen molar-refractivity contribution in [2.24, 2.45) is 0 Å². The summed E-state index contributed by atoms with van der Waals surface area (Å²) >= 11 is 0. The molecule has 1 amide bonds. The zero-order valence-corrected chi connectivity index (χ0v) is 16.1. The molecule has 1 fully saturated rings. The van der Waals surface area contributed by atoms with Gasteiger partial charge in [0.2, 0.25) is 0 Å². The van der Waals surface area contributed by atoms with Crippen LogP contribution in [0, 0.1) is 0 Å². The smallest absolute Gasteiger partial charge is 0.410 e. The average Bonchev–Trinajstić information content (AvgIpc) is 3.19. The van der Waals surface area contributed by atoms with Gasteiger partial charge in [0, 0.05) is 17.8 Å². The van der Waals surface area contributed by atoms with Crippen molar-refractivity contribution in [2.75, 3.05) is 6.54 Å². The number of amides is 1. The van der Waals surface area contributed by atoms with Crippen LogP contribution in [-0.2, 0) is 17.6 Å². The van der Waals surface area contributed by atoms with Gasteiger partial charge in [-0.15, -0.1) is 0 Å². The number of benzene rings is 1. The molecule has 136 valence electrons. The highest BCUT2D eigenvalue weighted by Gasteiger charge is 2.36. The second kappa shape index (κ2) is 6.18. The van der Waals surface area contributed by atoms with Crippen LogP contribution >= 0.6 is 0 Å². The molecule has 0 bridgehead atoms. The van der Waals surface area contributed by atoms with E-state index in [9.17, 15) is 4.79 Å². The molecule has 1 aromatic heterocycles. The number of aryl methyl sites for hydroxylation is 2. The maximum absolute atomic E-state index is 12.6. The summed E-state index contributed by atoms with van der Waals surface area (Å²) in [7, 11) is 2.13. The van der Waals surface area contributed by atoms with Gasteiger partial charge in [-0.05, 0) is 52.0 Å². The molecule has 4 rings (SSSR count). The minimum atomic E-state index is -0.483. The maximum atomic E-state index is 12.6.